The van der Waals surface area contributed by atoms with Crippen molar-refractivity contribution in [3.8, 4) is 33.6 Å². The molecule has 0 radical (unpaired) electrons. The molecule has 0 amide bonds. The van der Waals surface area contributed by atoms with E-state index in [0.29, 0.717) is 0 Å². The molecule has 0 N–H and O–H groups in total. The highest BCUT2D eigenvalue weighted by Gasteiger charge is 2.24. The van der Waals surface area contributed by atoms with Crippen LogP contribution in [0.25, 0.3) is 77.2 Å². The minimum Gasteiger partial charge on any atom is -0.310 e. The predicted molar refractivity (Wildman–Crippen MR) is 333 cm³/mol. The smallest absolute Gasteiger partial charge is 0.0542 e. The van der Waals surface area contributed by atoms with Crippen LogP contribution in [0.4, 0.5) is 34.1 Å². The fourth-order valence-corrected chi connectivity index (χ4v) is 11.5. The third-order valence-corrected chi connectivity index (χ3v) is 15.6. The van der Waals surface area contributed by atoms with Gasteiger partial charge in [-0.15, -0.1) is 0 Å². The molecule has 0 atom stereocenters. The van der Waals surface area contributed by atoms with E-state index in [1.807, 2.05) is 0 Å². The lowest BCUT2D eigenvalue weighted by molar-refractivity contribution is 0.591. The zero-order chi connectivity index (χ0) is 53.1. The largest absolute Gasteiger partial charge is 0.310 e. The number of anilines is 6. The first kappa shape index (κ1) is 48.3. The highest BCUT2D eigenvalue weighted by Crippen LogP contribution is 2.45. The molecule has 4 heteroatoms. The zero-order valence-corrected chi connectivity index (χ0v) is 45.2. The molecule has 4 nitrogen and oxygen atoms in total. The van der Waals surface area contributed by atoms with Crippen molar-refractivity contribution in [2.75, 3.05) is 9.80 Å². The molecule has 0 aliphatic carbocycles. The quantitative estimate of drug-likeness (QED) is 0.136. The average molecular weight is 1010 g/mol. The molecule has 2 heterocycles. The van der Waals surface area contributed by atoms with E-state index in [-0.39, 0.29) is 10.8 Å². The van der Waals surface area contributed by atoms with Gasteiger partial charge in [-0.25, -0.2) is 0 Å². The van der Waals surface area contributed by atoms with Crippen LogP contribution < -0.4 is 9.80 Å². The summed E-state index contributed by atoms with van der Waals surface area (Å²) >= 11 is 0. The van der Waals surface area contributed by atoms with Gasteiger partial charge in [0.1, 0.15) is 0 Å². The summed E-state index contributed by atoms with van der Waals surface area (Å²) < 4.78 is 4.86. The van der Waals surface area contributed by atoms with Crippen LogP contribution in [0.5, 0.6) is 0 Å². The van der Waals surface area contributed by atoms with Gasteiger partial charge in [0, 0.05) is 67.0 Å². The van der Waals surface area contributed by atoms with Crippen molar-refractivity contribution < 1.29 is 0 Å². The molecule has 2 aromatic heterocycles. The molecular formula is C74H62N4. The monoisotopic (exact) mass is 1010 g/mol. The van der Waals surface area contributed by atoms with Crippen molar-refractivity contribution in [2.45, 2.75) is 52.4 Å². The predicted octanol–water partition coefficient (Wildman–Crippen LogP) is 20.7. The van der Waals surface area contributed by atoms with Gasteiger partial charge in [0.05, 0.1) is 22.1 Å². The molecule has 0 aliphatic heterocycles. The van der Waals surface area contributed by atoms with Crippen molar-refractivity contribution in [1.82, 2.24) is 9.13 Å². The zero-order valence-electron chi connectivity index (χ0n) is 45.2. The Bertz CT molecular complexity index is 4010. The molecule has 13 aromatic rings. The van der Waals surface area contributed by atoms with Crippen molar-refractivity contribution in [1.29, 1.82) is 0 Å². The molecule has 378 valence electrons. The molecule has 0 aliphatic rings. The Hall–Kier alpha value is -9.38. The van der Waals surface area contributed by atoms with Crippen LogP contribution >= 0.6 is 0 Å². The van der Waals surface area contributed by atoms with Crippen LogP contribution in [0.1, 0.15) is 52.7 Å². The molecule has 0 fully saturated rings. The third kappa shape index (κ3) is 8.79. The molecule has 0 saturated heterocycles. The highest BCUT2D eigenvalue weighted by molar-refractivity contribution is 6.12. The molecule has 11 aromatic carbocycles. The molecule has 0 spiro atoms. The van der Waals surface area contributed by atoms with E-state index < -0.39 is 0 Å². The lowest BCUT2D eigenvalue weighted by Crippen LogP contribution is -2.13. The van der Waals surface area contributed by atoms with Crippen LogP contribution in [0.2, 0.25) is 0 Å². The van der Waals surface area contributed by atoms with Gasteiger partial charge in [-0.3, -0.25) is 0 Å². The van der Waals surface area contributed by atoms with Crippen molar-refractivity contribution >= 4 is 77.7 Å². The Morgan fingerprint density at radius 1 is 0.244 bits per heavy atom. The first-order chi connectivity index (χ1) is 37.9. The summed E-state index contributed by atoms with van der Waals surface area (Å²) in [5.74, 6) is 0. The van der Waals surface area contributed by atoms with E-state index >= 15 is 0 Å². The van der Waals surface area contributed by atoms with E-state index in [2.05, 4.69) is 327 Å². The Labute approximate surface area is 458 Å². The Kier molecular flexibility index (Phi) is 12.0. The molecular weight excluding hydrogens is 945 g/mol. The fraction of sp³-hybridized carbons (Fsp3) is 0.108. The second-order valence-electron chi connectivity index (χ2n) is 22.7. The van der Waals surface area contributed by atoms with E-state index in [1.54, 1.807) is 0 Å². The van der Waals surface area contributed by atoms with Gasteiger partial charge in [0.15, 0.2) is 0 Å². The maximum atomic E-state index is 2.43. The van der Waals surface area contributed by atoms with Crippen molar-refractivity contribution in [3.05, 3.63) is 278 Å². The maximum absolute atomic E-state index is 2.43. The van der Waals surface area contributed by atoms with Crippen LogP contribution in [-0.2, 0) is 10.8 Å². The first-order valence-electron chi connectivity index (χ1n) is 27.2. The lowest BCUT2D eigenvalue weighted by Gasteiger charge is -2.29. The Morgan fingerprint density at radius 3 is 0.897 bits per heavy atom. The summed E-state index contributed by atoms with van der Waals surface area (Å²) in [6.45, 7) is 13.8. The fourth-order valence-electron chi connectivity index (χ4n) is 11.5. The number of para-hydroxylation sites is 2. The van der Waals surface area contributed by atoms with E-state index in [1.165, 1.54) is 77.0 Å². The minimum atomic E-state index is -0.0231. The number of fused-ring (bicyclic) bond motifs is 6. The molecule has 13 rings (SSSR count). The summed E-state index contributed by atoms with van der Waals surface area (Å²) in [6, 6.07) is 98.0. The first-order valence-corrected chi connectivity index (χ1v) is 27.2. The van der Waals surface area contributed by atoms with Crippen LogP contribution in [-0.4, -0.2) is 9.13 Å². The van der Waals surface area contributed by atoms with Gasteiger partial charge in [0.2, 0.25) is 0 Å². The summed E-state index contributed by atoms with van der Waals surface area (Å²) in [6.07, 6.45) is 0. The second kappa shape index (κ2) is 19.3. The molecule has 0 saturated carbocycles. The van der Waals surface area contributed by atoms with Crippen molar-refractivity contribution in [2.24, 2.45) is 0 Å². The van der Waals surface area contributed by atoms with Gasteiger partial charge in [-0.05, 0) is 172 Å². The average Bonchev–Trinajstić information content (AvgIpc) is 4.12. The van der Waals surface area contributed by atoms with Gasteiger partial charge in [-0.2, -0.15) is 0 Å². The molecule has 0 unspecified atom stereocenters. The topological polar surface area (TPSA) is 16.3 Å². The number of benzene rings is 11. The number of hydrogen-bond donors (Lipinski definition) is 0. The second-order valence-corrected chi connectivity index (χ2v) is 22.7. The summed E-state index contributed by atoms with van der Waals surface area (Å²) in [7, 11) is 0. The third-order valence-electron chi connectivity index (χ3n) is 15.6. The number of rotatable bonds is 10. The Balaban J connectivity index is 0.959. The van der Waals surface area contributed by atoms with Gasteiger partial charge in [0.25, 0.3) is 0 Å². The van der Waals surface area contributed by atoms with Gasteiger partial charge in [-0.1, -0.05) is 181 Å². The molecule has 0 bridgehead atoms. The lowest BCUT2D eigenvalue weighted by atomic mass is 9.86. The summed E-state index contributed by atoms with van der Waals surface area (Å²) in [5.41, 5.74) is 20.8. The van der Waals surface area contributed by atoms with Gasteiger partial charge >= 0.3 is 0 Å². The Morgan fingerprint density at radius 2 is 0.538 bits per heavy atom. The van der Waals surface area contributed by atoms with Crippen LogP contribution in [0, 0.1) is 0 Å². The maximum Gasteiger partial charge on any atom is 0.0542 e. The number of hydrogen-bond acceptors (Lipinski definition) is 2. The van der Waals surface area contributed by atoms with Crippen LogP contribution in [0.3, 0.4) is 0 Å². The van der Waals surface area contributed by atoms with E-state index in [4.69, 9.17) is 0 Å². The van der Waals surface area contributed by atoms with Crippen LogP contribution in [0.15, 0.2) is 267 Å². The normalized spacial score (nSPS) is 12.0. The SMILES string of the molecule is CC(C)(C)c1ccc2c(c1)c1cc(N(c3ccccc3)c3cccc(N(c4ccccc4)c4ccc5c(c4)c4cc(C(C)(C)C)ccc4n5-c4ccc(-c5ccccc5)cc4)c3)ccc1n2-c1ccc(-c2ccccc2)cc1. The highest BCUT2D eigenvalue weighted by atomic mass is 15.2. The van der Waals surface area contributed by atoms with Gasteiger partial charge < -0.3 is 18.9 Å². The number of aromatic nitrogens is 2. The summed E-state index contributed by atoms with van der Waals surface area (Å²) in [4.78, 5) is 4.82. The van der Waals surface area contributed by atoms with E-state index in [0.717, 1.165) is 45.5 Å². The van der Waals surface area contributed by atoms with E-state index in [9.17, 15) is 0 Å². The standard InChI is InChI=1S/C74H62N4/c1-73(2,3)55-34-42-69-65(46-55)67-49-63(40-44-71(67)77(69)59-36-30-53(31-37-59)51-20-11-7-12-21-51)75(57-24-15-9-16-25-57)61-28-19-29-62(48-61)76(58-26-17-10-18-27-58)64-41-45-72-68(50-64)66-47-56(74(4,5)6)35-43-70(66)78(72)60-38-32-54(33-39-60)52-22-13-8-14-23-52/h7-50H,1-6H3. The number of nitrogens with zero attached hydrogens (tertiary/aromatic N) is 4. The minimum absolute atomic E-state index is 0.0231. The van der Waals surface area contributed by atoms with Crippen molar-refractivity contribution in [3.63, 3.8) is 0 Å². The summed E-state index contributed by atoms with van der Waals surface area (Å²) in [5, 5.41) is 4.88. The molecule has 78 heavy (non-hydrogen) atoms.